The number of hydrogen-bond acceptors (Lipinski definition) is 5. The van der Waals surface area contributed by atoms with Gasteiger partial charge in [-0.05, 0) is 6.92 Å². The highest BCUT2D eigenvalue weighted by Gasteiger charge is 2.11. The molecule has 0 radical (unpaired) electrons. The molecule has 0 fully saturated rings. The maximum atomic E-state index is 11.0. The third kappa shape index (κ3) is 3.44. The summed E-state index contributed by atoms with van der Waals surface area (Å²) >= 11 is 0. The van der Waals surface area contributed by atoms with E-state index in [1.165, 1.54) is 18.7 Å². The zero-order valence-electron chi connectivity index (χ0n) is 7.37. The minimum atomic E-state index is -1.01. The summed E-state index contributed by atoms with van der Waals surface area (Å²) in [7, 11) is 0. The fraction of sp³-hybridized carbons (Fsp3) is 0.286. The first-order chi connectivity index (χ1) is 6.24. The van der Waals surface area contributed by atoms with Crippen LogP contribution in [0.4, 0.5) is 9.59 Å². The van der Waals surface area contributed by atoms with Crippen molar-refractivity contribution >= 4 is 24.7 Å². The van der Waals surface area contributed by atoms with Crippen molar-refractivity contribution in [2.24, 2.45) is 0 Å². The molecule has 6 nitrogen and oxygen atoms in total. The van der Waals surface area contributed by atoms with E-state index in [1.807, 2.05) is 0 Å². The molecule has 0 amide bonds. The van der Waals surface area contributed by atoms with E-state index >= 15 is 0 Å². The number of rotatable bonds is 1. The summed E-state index contributed by atoms with van der Waals surface area (Å²) in [6.07, 6.45) is 2.13. The van der Waals surface area contributed by atoms with Gasteiger partial charge >= 0.3 is 12.2 Å². The third-order valence-corrected chi connectivity index (χ3v) is 1.15. The Morgan fingerprint density at radius 2 is 2.21 bits per heavy atom. The van der Waals surface area contributed by atoms with Crippen LogP contribution in [0.3, 0.4) is 0 Å². The van der Waals surface area contributed by atoms with E-state index in [0.717, 1.165) is 4.57 Å². The molecule has 0 spiro atoms. The highest BCUT2D eigenvalue weighted by molar-refractivity contribution is 5.85. The van der Waals surface area contributed by atoms with Gasteiger partial charge in [0, 0.05) is 12.4 Å². The molecule has 0 aliphatic rings. The van der Waals surface area contributed by atoms with Crippen LogP contribution >= 0.6 is 12.4 Å². The van der Waals surface area contributed by atoms with Crippen LogP contribution in [0.25, 0.3) is 0 Å². The van der Waals surface area contributed by atoms with Gasteiger partial charge in [0.2, 0.25) is 0 Å². The number of hydrogen-bond donors (Lipinski definition) is 0. The quantitative estimate of drug-likeness (QED) is 0.529. The summed E-state index contributed by atoms with van der Waals surface area (Å²) in [6, 6.07) is 0. The Morgan fingerprint density at radius 1 is 1.50 bits per heavy atom. The molecule has 1 rings (SSSR count). The highest BCUT2D eigenvalue weighted by atomic mass is 35.5. The van der Waals surface area contributed by atoms with E-state index in [9.17, 15) is 9.59 Å². The molecular formula is C7H9ClN2O4. The van der Waals surface area contributed by atoms with Crippen molar-refractivity contribution in [2.45, 2.75) is 6.92 Å². The van der Waals surface area contributed by atoms with Crippen LogP contribution in [-0.2, 0) is 9.47 Å². The van der Waals surface area contributed by atoms with Crippen molar-refractivity contribution in [2.75, 3.05) is 6.61 Å². The maximum Gasteiger partial charge on any atom is 0.517 e. The minimum Gasteiger partial charge on any atom is -0.434 e. The molecule has 0 aliphatic carbocycles. The Labute approximate surface area is 86.2 Å². The van der Waals surface area contributed by atoms with Gasteiger partial charge in [-0.1, -0.05) is 0 Å². The van der Waals surface area contributed by atoms with Crippen LogP contribution in [-0.4, -0.2) is 28.4 Å². The van der Waals surface area contributed by atoms with Gasteiger partial charge in [0.15, 0.2) is 0 Å². The zero-order valence-corrected chi connectivity index (χ0v) is 8.19. The van der Waals surface area contributed by atoms with Crippen molar-refractivity contribution in [1.82, 2.24) is 9.55 Å². The van der Waals surface area contributed by atoms with Crippen LogP contribution in [0.1, 0.15) is 6.92 Å². The summed E-state index contributed by atoms with van der Waals surface area (Å²) < 4.78 is 9.68. The van der Waals surface area contributed by atoms with Gasteiger partial charge in [0.1, 0.15) is 6.33 Å². The first kappa shape index (κ1) is 12.4. The fourth-order valence-electron chi connectivity index (χ4n) is 0.638. The van der Waals surface area contributed by atoms with Gasteiger partial charge in [0.05, 0.1) is 6.61 Å². The minimum absolute atomic E-state index is 0. The lowest BCUT2D eigenvalue weighted by Crippen LogP contribution is -2.17. The largest absolute Gasteiger partial charge is 0.517 e. The predicted octanol–water partition coefficient (Wildman–Crippen LogP) is 1.45. The fourth-order valence-corrected chi connectivity index (χ4v) is 0.638. The van der Waals surface area contributed by atoms with Gasteiger partial charge in [-0.25, -0.2) is 19.1 Å². The van der Waals surface area contributed by atoms with E-state index in [0.29, 0.717) is 0 Å². The Hall–Kier alpha value is -1.56. The molecule has 0 N–H and O–H groups in total. The number of imidazole rings is 1. The zero-order chi connectivity index (χ0) is 9.68. The van der Waals surface area contributed by atoms with Crippen LogP contribution < -0.4 is 0 Å². The SMILES string of the molecule is CCOC(=O)OC(=O)n1ccnc1.Cl. The van der Waals surface area contributed by atoms with Crippen molar-refractivity contribution < 1.29 is 19.1 Å². The number of ether oxygens (including phenoxy) is 2. The van der Waals surface area contributed by atoms with Gasteiger partial charge in [-0.2, -0.15) is 0 Å². The molecule has 78 valence electrons. The molecule has 0 unspecified atom stereocenters. The number of halogens is 1. The summed E-state index contributed by atoms with van der Waals surface area (Å²) in [5.74, 6) is 0. The van der Waals surface area contributed by atoms with E-state index in [2.05, 4.69) is 14.5 Å². The molecule has 0 bridgehead atoms. The average molecular weight is 221 g/mol. The van der Waals surface area contributed by atoms with Crippen molar-refractivity contribution in [3.63, 3.8) is 0 Å². The molecule has 7 heteroatoms. The molecule has 14 heavy (non-hydrogen) atoms. The molecule has 0 atom stereocenters. The normalized spacial score (nSPS) is 8.64. The second-order valence-electron chi connectivity index (χ2n) is 2.02. The number of aromatic nitrogens is 2. The second kappa shape index (κ2) is 5.98. The maximum absolute atomic E-state index is 11.0. The molecule has 0 saturated carbocycles. The topological polar surface area (TPSA) is 70.4 Å². The summed E-state index contributed by atoms with van der Waals surface area (Å²) in [6.45, 7) is 1.78. The molecule has 1 aromatic heterocycles. The third-order valence-electron chi connectivity index (χ3n) is 1.15. The first-order valence-corrected chi connectivity index (χ1v) is 3.61. The van der Waals surface area contributed by atoms with E-state index in [1.54, 1.807) is 6.92 Å². The van der Waals surface area contributed by atoms with Crippen molar-refractivity contribution in [3.8, 4) is 0 Å². The Balaban J connectivity index is 0.00000169. The van der Waals surface area contributed by atoms with Crippen molar-refractivity contribution in [1.29, 1.82) is 0 Å². The van der Waals surface area contributed by atoms with Crippen LogP contribution in [0.5, 0.6) is 0 Å². The first-order valence-electron chi connectivity index (χ1n) is 3.61. The summed E-state index contributed by atoms with van der Waals surface area (Å²) in [4.78, 5) is 25.2. The molecule has 1 heterocycles. The van der Waals surface area contributed by atoms with Gasteiger partial charge in [-0.15, -0.1) is 12.4 Å². The smallest absolute Gasteiger partial charge is 0.434 e. The predicted molar refractivity (Wildman–Crippen MR) is 48.4 cm³/mol. The van der Waals surface area contributed by atoms with Crippen LogP contribution in [0, 0.1) is 0 Å². The standard InChI is InChI=1S/C7H8N2O4.ClH/c1-2-12-7(11)13-6(10)9-4-3-8-5-9;/h3-5H,2H2,1H3;1H. The van der Waals surface area contributed by atoms with Gasteiger partial charge in [-0.3, -0.25) is 0 Å². The average Bonchev–Trinajstić information content (AvgIpc) is 2.55. The van der Waals surface area contributed by atoms with Crippen LogP contribution in [0.2, 0.25) is 0 Å². The lowest BCUT2D eigenvalue weighted by molar-refractivity contribution is 0.0794. The van der Waals surface area contributed by atoms with Crippen molar-refractivity contribution in [3.05, 3.63) is 18.7 Å². The van der Waals surface area contributed by atoms with E-state index in [4.69, 9.17) is 0 Å². The molecule has 1 aromatic rings. The number of nitrogens with zero attached hydrogens (tertiary/aromatic N) is 2. The molecule has 0 aliphatic heterocycles. The second-order valence-corrected chi connectivity index (χ2v) is 2.02. The van der Waals surface area contributed by atoms with E-state index in [-0.39, 0.29) is 19.0 Å². The van der Waals surface area contributed by atoms with E-state index < -0.39 is 12.2 Å². The number of carbonyl (C=O) groups excluding carboxylic acids is 2. The molecular weight excluding hydrogens is 212 g/mol. The lowest BCUT2D eigenvalue weighted by atomic mass is 10.9. The monoisotopic (exact) mass is 220 g/mol. The Kier molecular flexibility index (Phi) is 5.31. The number of carbonyl (C=O) groups is 2. The summed E-state index contributed by atoms with van der Waals surface area (Å²) in [5, 5.41) is 0. The highest BCUT2D eigenvalue weighted by Crippen LogP contribution is 1.92. The molecule has 0 saturated heterocycles. The Morgan fingerprint density at radius 3 is 2.71 bits per heavy atom. The van der Waals surface area contributed by atoms with Gasteiger partial charge < -0.3 is 9.47 Å². The summed E-state index contributed by atoms with van der Waals surface area (Å²) in [5.41, 5.74) is 0. The molecule has 0 aromatic carbocycles. The van der Waals surface area contributed by atoms with Gasteiger partial charge in [0.25, 0.3) is 0 Å². The lowest BCUT2D eigenvalue weighted by Gasteiger charge is -2.01. The Bertz CT molecular complexity index is 299. The van der Waals surface area contributed by atoms with Crippen LogP contribution in [0.15, 0.2) is 18.7 Å².